The van der Waals surface area contributed by atoms with Gasteiger partial charge in [-0.05, 0) is 37.3 Å². The number of rotatable bonds is 5. The first kappa shape index (κ1) is 15.0. The molecule has 110 valence electrons. The number of halogens is 2. The normalized spacial score (nSPS) is 12.1. The van der Waals surface area contributed by atoms with Gasteiger partial charge in [0.25, 0.3) is 0 Å². The summed E-state index contributed by atoms with van der Waals surface area (Å²) in [5.41, 5.74) is 2.43. The average molecular weight is 290 g/mol. The molecule has 0 bridgehead atoms. The summed E-state index contributed by atoms with van der Waals surface area (Å²) in [6, 6.07) is 5.98. The predicted octanol–water partition coefficient (Wildman–Crippen LogP) is 4.15. The average Bonchev–Trinajstić information content (AvgIpc) is 2.96. The Balaban J connectivity index is 2.44. The van der Waals surface area contributed by atoms with Crippen LogP contribution in [0, 0.1) is 5.82 Å². The van der Waals surface area contributed by atoms with Gasteiger partial charge in [0.15, 0.2) is 0 Å². The third-order valence-electron chi connectivity index (χ3n) is 2.97. The molecule has 0 unspecified atom stereocenters. The second-order valence-electron chi connectivity index (χ2n) is 4.33. The van der Waals surface area contributed by atoms with Crippen molar-refractivity contribution in [3.05, 3.63) is 54.0 Å². The van der Waals surface area contributed by atoms with Crippen LogP contribution < -0.4 is 4.74 Å². The lowest BCUT2D eigenvalue weighted by Gasteiger charge is -2.06. The Morgan fingerprint density at radius 1 is 1.38 bits per heavy atom. The highest BCUT2D eigenvalue weighted by atomic mass is 19.1. The van der Waals surface area contributed by atoms with Gasteiger partial charge in [-0.1, -0.05) is 12.2 Å². The van der Waals surface area contributed by atoms with E-state index in [-0.39, 0.29) is 5.82 Å². The largest absolute Gasteiger partial charge is 0.496 e. The number of benzene rings is 1. The molecular weight excluding hydrogens is 274 g/mol. The molecule has 0 aliphatic rings. The maximum Gasteiger partial charge on any atom is 0.128 e. The van der Waals surface area contributed by atoms with Crippen molar-refractivity contribution in [2.75, 3.05) is 13.8 Å². The monoisotopic (exact) mass is 290 g/mol. The zero-order valence-corrected chi connectivity index (χ0v) is 11.9. The highest BCUT2D eigenvalue weighted by Crippen LogP contribution is 2.30. The topological polar surface area (TPSA) is 37.9 Å². The van der Waals surface area contributed by atoms with Gasteiger partial charge in [0, 0.05) is 11.1 Å². The van der Waals surface area contributed by atoms with E-state index in [9.17, 15) is 8.78 Å². The molecule has 1 heterocycles. The summed E-state index contributed by atoms with van der Waals surface area (Å²) in [4.78, 5) is 0. The first-order valence-electron chi connectivity index (χ1n) is 6.48. The Kier molecular flexibility index (Phi) is 4.87. The van der Waals surface area contributed by atoms with Gasteiger partial charge in [0.05, 0.1) is 18.5 Å². The van der Waals surface area contributed by atoms with E-state index in [1.54, 1.807) is 24.3 Å². The number of hydrogen-bond donors (Lipinski definition) is 1. The summed E-state index contributed by atoms with van der Waals surface area (Å²) in [6.45, 7) is 1.26. The lowest BCUT2D eigenvalue weighted by Crippen LogP contribution is -1.89. The van der Waals surface area contributed by atoms with Crippen LogP contribution in [0.3, 0.4) is 0 Å². The quantitative estimate of drug-likeness (QED) is 0.840. The summed E-state index contributed by atoms with van der Waals surface area (Å²) in [5.74, 6) is 0.170. The molecular formula is C16H16F2N2O. The summed E-state index contributed by atoms with van der Waals surface area (Å²) in [6.07, 6.45) is 5.00. The first-order chi connectivity index (χ1) is 10.2. The Morgan fingerprint density at radius 3 is 2.86 bits per heavy atom. The molecule has 0 aliphatic heterocycles. The number of ether oxygens (including phenoxy) is 1. The van der Waals surface area contributed by atoms with Crippen LogP contribution in [0.25, 0.3) is 16.8 Å². The minimum absolute atomic E-state index is 0.366. The minimum atomic E-state index is -0.578. The Labute approximate surface area is 122 Å². The van der Waals surface area contributed by atoms with E-state index >= 15 is 0 Å². The molecule has 0 saturated heterocycles. The van der Waals surface area contributed by atoms with Gasteiger partial charge in [-0.25, -0.2) is 8.78 Å². The fourth-order valence-corrected chi connectivity index (χ4v) is 2.02. The van der Waals surface area contributed by atoms with E-state index in [1.165, 1.54) is 25.3 Å². The molecule has 21 heavy (non-hydrogen) atoms. The van der Waals surface area contributed by atoms with Crippen molar-refractivity contribution < 1.29 is 13.5 Å². The van der Waals surface area contributed by atoms with E-state index in [4.69, 9.17) is 4.74 Å². The van der Waals surface area contributed by atoms with Crippen LogP contribution in [-0.4, -0.2) is 24.0 Å². The molecule has 2 rings (SSSR count). The van der Waals surface area contributed by atoms with Crippen LogP contribution >= 0.6 is 0 Å². The van der Waals surface area contributed by atoms with E-state index in [0.29, 0.717) is 28.3 Å². The molecule has 5 heteroatoms. The smallest absolute Gasteiger partial charge is 0.128 e. The Bertz CT molecular complexity index is 675. The molecule has 2 aromatic rings. The highest BCUT2D eigenvalue weighted by Gasteiger charge is 2.11. The third kappa shape index (κ3) is 3.37. The predicted molar refractivity (Wildman–Crippen MR) is 79.3 cm³/mol. The van der Waals surface area contributed by atoms with Crippen molar-refractivity contribution in [3.63, 3.8) is 0 Å². The Hall–Kier alpha value is -2.43. The molecule has 0 spiro atoms. The van der Waals surface area contributed by atoms with Gasteiger partial charge in [0.2, 0.25) is 0 Å². The fourth-order valence-electron chi connectivity index (χ4n) is 2.02. The summed E-state index contributed by atoms with van der Waals surface area (Å²) in [7, 11) is 1.52. The van der Waals surface area contributed by atoms with Crippen LogP contribution in [0.15, 0.2) is 42.5 Å². The van der Waals surface area contributed by atoms with E-state index in [1.807, 2.05) is 6.92 Å². The van der Waals surface area contributed by atoms with E-state index in [2.05, 4.69) is 10.2 Å². The number of aromatic amines is 1. The lowest BCUT2D eigenvalue weighted by atomic mass is 10.1. The van der Waals surface area contributed by atoms with Gasteiger partial charge < -0.3 is 4.74 Å². The molecule has 0 aliphatic carbocycles. The molecule has 0 saturated carbocycles. The Morgan fingerprint density at radius 2 is 2.19 bits per heavy atom. The number of nitrogens with zero attached hydrogens (tertiary/aromatic N) is 1. The zero-order chi connectivity index (χ0) is 15.2. The second kappa shape index (κ2) is 6.83. The van der Waals surface area contributed by atoms with Gasteiger partial charge in [-0.2, -0.15) is 5.10 Å². The van der Waals surface area contributed by atoms with Crippen LogP contribution in [-0.2, 0) is 0 Å². The molecule has 0 radical (unpaired) electrons. The number of nitrogens with one attached hydrogen (secondary N) is 1. The van der Waals surface area contributed by atoms with Crippen molar-refractivity contribution in [3.8, 4) is 17.0 Å². The van der Waals surface area contributed by atoms with Crippen LogP contribution in [0.2, 0.25) is 0 Å². The maximum atomic E-state index is 13.4. The SMILES string of the molecule is C/C=C\C(=C/CF)c1cc(-c2cc(F)ccc2OC)[nH]n1. The molecule has 3 nitrogen and oxygen atoms in total. The first-order valence-corrected chi connectivity index (χ1v) is 6.48. The second-order valence-corrected chi connectivity index (χ2v) is 4.33. The van der Waals surface area contributed by atoms with E-state index < -0.39 is 6.67 Å². The van der Waals surface area contributed by atoms with Crippen molar-refractivity contribution in [1.29, 1.82) is 0 Å². The molecule has 1 aromatic heterocycles. The van der Waals surface area contributed by atoms with Crippen molar-refractivity contribution in [2.45, 2.75) is 6.92 Å². The van der Waals surface area contributed by atoms with Crippen LogP contribution in [0.4, 0.5) is 8.78 Å². The standard InChI is InChI=1S/C16H16F2N2O/c1-3-4-11(7-8-17)14-10-15(20-19-14)13-9-12(18)5-6-16(13)21-2/h3-7,9-10H,8H2,1-2H3,(H,19,20)/b4-3-,11-7+. The molecule has 0 atom stereocenters. The highest BCUT2D eigenvalue weighted by molar-refractivity contribution is 5.76. The van der Waals surface area contributed by atoms with Crippen molar-refractivity contribution >= 4 is 5.57 Å². The van der Waals surface area contributed by atoms with Gasteiger partial charge in [0.1, 0.15) is 18.2 Å². The number of aromatic nitrogens is 2. The number of H-pyrrole nitrogens is 1. The number of alkyl halides is 1. The molecule has 0 amide bonds. The molecule has 0 fully saturated rings. The summed E-state index contributed by atoms with van der Waals surface area (Å²) in [5, 5.41) is 6.97. The number of hydrogen-bond acceptors (Lipinski definition) is 2. The van der Waals surface area contributed by atoms with Gasteiger partial charge in [-0.15, -0.1) is 0 Å². The van der Waals surface area contributed by atoms with E-state index in [0.717, 1.165) is 0 Å². The minimum Gasteiger partial charge on any atom is -0.496 e. The van der Waals surface area contributed by atoms with Crippen molar-refractivity contribution in [1.82, 2.24) is 10.2 Å². The molecule has 1 N–H and O–H groups in total. The van der Waals surface area contributed by atoms with Crippen LogP contribution in [0.1, 0.15) is 12.6 Å². The maximum absolute atomic E-state index is 13.4. The number of allylic oxidation sites excluding steroid dienone is 4. The number of methoxy groups -OCH3 is 1. The van der Waals surface area contributed by atoms with Gasteiger partial charge in [-0.3, -0.25) is 5.10 Å². The van der Waals surface area contributed by atoms with Gasteiger partial charge >= 0.3 is 0 Å². The summed E-state index contributed by atoms with van der Waals surface area (Å²) < 4.78 is 31.2. The summed E-state index contributed by atoms with van der Waals surface area (Å²) >= 11 is 0. The van der Waals surface area contributed by atoms with Crippen LogP contribution in [0.5, 0.6) is 5.75 Å². The molecule has 1 aromatic carbocycles. The van der Waals surface area contributed by atoms with Crippen molar-refractivity contribution in [2.24, 2.45) is 0 Å². The lowest BCUT2D eigenvalue weighted by molar-refractivity contribution is 0.415. The zero-order valence-electron chi connectivity index (χ0n) is 11.9. The fraction of sp³-hybridized carbons (Fsp3) is 0.188. The third-order valence-corrected chi connectivity index (χ3v) is 2.97.